The van der Waals surface area contributed by atoms with Crippen molar-refractivity contribution in [2.24, 2.45) is 0 Å². The Morgan fingerprint density at radius 3 is 2.56 bits per heavy atom. The number of benzene rings is 1. The van der Waals surface area contributed by atoms with Crippen LogP contribution in [0.25, 0.3) is 0 Å². The minimum Gasteiger partial charge on any atom is -0.345 e. The molecule has 6 heteroatoms. The molecule has 0 fully saturated rings. The molecule has 0 bridgehead atoms. The number of halogens is 1. The molecule has 0 aliphatic carbocycles. The first-order valence-corrected chi connectivity index (χ1v) is 5.05. The Labute approximate surface area is 97.8 Å². The SMILES string of the molecule is CN(C)C(=O)c1ccc([N+](=O)[O-])cc1CCl. The number of nitro benzene ring substituents is 1. The maximum Gasteiger partial charge on any atom is 0.269 e. The molecule has 16 heavy (non-hydrogen) atoms. The number of amides is 1. The smallest absolute Gasteiger partial charge is 0.269 e. The van der Waals surface area contributed by atoms with Gasteiger partial charge in [0.05, 0.1) is 4.92 Å². The van der Waals surface area contributed by atoms with Crippen molar-refractivity contribution in [1.82, 2.24) is 4.90 Å². The van der Waals surface area contributed by atoms with E-state index in [1.807, 2.05) is 0 Å². The van der Waals surface area contributed by atoms with Gasteiger partial charge in [0, 0.05) is 37.7 Å². The lowest BCUT2D eigenvalue weighted by atomic mass is 10.1. The third kappa shape index (κ3) is 2.49. The van der Waals surface area contributed by atoms with Crippen LogP contribution >= 0.6 is 11.6 Å². The van der Waals surface area contributed by atoms with E-state index in [9.17, 15) is 14.9 Å². The summed E-state index contributed by atoms with van der Waals surface area (Å²) in [5.41, 5.74) is 0.797. The van der Waals surface area contributed by atoms with Crippen LogP contribution in [-0.2, 0) is 5.88 Å². The molecule has 0 aliphatic rings. The van der Waals surface area contributed by atoms with Crippen LogP contribution in [0.2, 0.25) is 0 Å². The molecule has 0 saturated heterocycles. The van der Waals surface area contributed by atoms with Gasteiger partial charge in [0.2, 0.25) is 0 Å². The van der Waals surface area contributed by atoms with Gasteiger partial charge in [-0.15, -0.1) is 11.6 Å². The number of nitro groups is 1. The summed E-state index contributed by atoms with van der Waals surface area (Å²) in [5, 5.41) is 10.6. The summed E-state index contributed by atoms with van der Waals surface area (Å²) in [6.07, 6.45) is 0. The van der Waals surface area contributed by atoms with E-state index >= 15 is 0 Å². The van der Waals surface area contributed by atoms with Gasteiger partial charge >= 0.3 is 0 Å². The van der Waals surface area contributed by atoms with Crippen molar-refractivity contribution in [2.45, 2.75) is 5.88 Å². The fraction of sp³-hybridized carbons (Fsp3) is 0.300. The first-order chi connectivity index (χ1) is 7.47. The molecule has 1 amide bonds. The van der Waals surface area contributed by atoms with Crippen LogP contribution in [0.4, 0.5) is 5.69 Å². The first kappa shape index (κ1) is 12.4. The quantitative estimate of drug-likeness (QED) is 0.463. The lowest BCUT2D eigenvalue weighted by molar-refractivity contribution is -0.384. The molecule has 0 saturated carbocycles. The van der Waals surface area contributed by atoms with Crippen LogP contribution in [-0.4, -0.2) is 29.8 Å². The number of carbonyl (C=O) groups excluding carboxylic acids is 1. The van der Waals surface area contributed by atoms with Gasteiger partial charge in [-0.3, -0.25) is 14.9 Å². The van der Waals surface area contributed by atoms with E-state index in [2.05, 4.69) is 0 Å². The van der Waals surface area contributed by atoms with E-state index in [0.29, 0.717) is 11.1 Å². The molecule has 0 atom stereocenters. The molecule has 0 aromatic heterocycles. The van der Waals surface area contributed by atoms with Gasteiger partial charge in [0.25, 0.3) is 11.6 Å². The number of non-ortho nitro benzene ring substituents is 1. The van der Waals surface area contributed by atoms with E-state index < -0.39 is 4.92 Å². The number of carbonyl (C=O) groups is 1. The van der Waals surface area contributed by atoms with E-state index in [0.717, 1.165) is 0 Å². The topological polar surface area (TPSA) is 63.5 Å². The molecule has 0 heterocycles. The van der Waals surface area contributed by atoms with Gasteiger partial charge in [0.1, 0.15) is 0 Å². The predicted octanol–water partition coefficient (Wildman–Crippen LogP) is 2.04. The fourth-order valence-corrected chi connectivity index (χ4v) is 1.47. The summed E-state index contributed by atoms with van der Waals surface area (Å²) >= 11 is 5.66. The average molecular weight is 243 g/mol. The van der Waals surface area contributed by atoms with Crippen LogP contribution < -0.4 is 0 Å². The second kappa shape index (κ2) is 4.94. The van der Waals surface area contributed by atoms with Crippen LogP contribution in [0.3, 0.4) is 0 Å². The standard InChI is InChI=1S/C10H11ClN2O3/c1-12(2)10(14)9-4-3-8(13(15)16)5-7(9)6-11/h3-5H,6H2,1-2H3. The monoisotopic (exact) mass is 242 g/mol. The summed E-state index contributed by atoms with van der Waals surface area (Å²) in [6.45, 7) is 0. The Hall–Kier alpha value is -1.62. The molecule has 1 aromatic rings. The third-order valence-corrected chi connectivity index (χ3v) is 2.37. The molecule has 0 aliphatic heterocycles. The number of hydrogen-bond donors (Lipinski definition) is 0. The van der Waals surface area contributed by atoms with Crippen LogP contribution in [0.15, 0.2) is 18.2 Å². The summed E-state index contributed by atoms with van der Waals surface area (Å²) < 4.78 is 0. The lowest BCUT2D eigenvalue weighted by Gasteiger charge is -2.12. The fourth-order valence-electron chi connectivity index (χ4n) is 1.25. The van der Waals surface area contributed by atoms with Crippen molar-refractivity contribution in [1.29, 1.82) is 0 Å². The molecule has 0 spiro atoms. The summed E-state index contributed by atoms with van der Waals surface area (Å²) in [6, 6.07) is 4.05. The second-order valence-electron chi connectivity index (χ2n) is 3.43. The van der Waals surface area contributed by atoms with Gasteiger partial charge in [-0.25, -0.2) is 0 Å². The van der Waals surface area contributed by atoms with E-state index in [-0.39, 0.29) is 17.5 Å². The summed E-state index contributed by atoms with van der Waals surface area (Å²) in [5.74, 6) is -0.151. The maximum atomic E-state index is 11.7. The maximum absolute atomic E-state index is 11.7. The van der Waals surface area contributed by atoms with Crippen molar-refractivity contribution >= 4 is 23.2 Å². The molecule has 0 unspecified atom stereocenters. The van der Waals surface area contributed by atoms with Crippen LogP contribution in [0.1, 0.15) is 15.9 Å². The van der Waals surface area contributed by atoms with Gasteiger partial charge in [-0.1, -0.05) is 0 Å². The van der Waals surface area contributed by atoms with Gasteiger partial charge in [-0.2, -0.15) is 0 Å². The van der Waals surface area contributed by atoms with E-state index in [1.54, 1.807) is 14.1 Å². The number of hydrogen-bond acceptors (Lipinski definition) is 3. The Bertz CT molecular complexity index is 432. The molecule has 86 valence electrons. The van der Waals surface area contributed by atoms with Crippen LogP contribution in [0.5, 0.6) is 0 Å². The highest BCUT2D eigenvalue weighted by Gasteiger charge is 2.16. The van der Waals surface area contributed by atoms with Crippen molar-refractivity contribution in [3.63, 3.8) is 0 Å². The minimum atomic E-state index is -0.514. The Morgan fingerprint density at radius 1 is 1.50 bits per heavy atom. The largest absolute Gasteiger partial charge is 0.345 e. The van der Waals surface area contributed by atoms with Crippen molar-refractivity contribution < 1.29 is 9.72 Å². The minimum absolute atomic E-state index is 0.0639. The second-order valence-corrected chi connectivity index (χ2v) is 3.70. The average Bonchev–Trinajstić information content (AvgIpc) is 2.26. The van der Waals surface area contributed by atoms with Crippen molar-refractivity contribution in [3.8, 4) is 0 Å². The van der Waals surface area contributed by atoms with E-state index in [1.165, 1.54) is 23.1 Å². The number of alkyl halides is 1. The third-order valence-electron chi connectivity index (χ3n) is 2.08. The zero-order valence-corrected chi connectivity index (χ0v) is 9.69. The highest BCUT2D eigenvalue weighted by atomic mass is 35.5. The van der Waals surface area contributed by atoms with Gasteiger partial charge < -0.3 is 4.90 Å². The highest BCUT2D eigenvalue weighted by Crippen LogP contribution is 2.20. The van der Waals surface area contributed by atoms with Crippen molar-refractivity contribution in [3.05, 3.63) is 39.4 Å². The Kier molecular flexibility index (Phi) is 3.84. The van der Waals surface area contributed by atoms with Gasteiger partial charge in [0.15, 0.2) is 0 Å². The molecule has 1 aromatic carbocycles. The molecule has 0 N–H and O–H groups in total. The summed E-state index contributed by atoms with van der Waals surface area (Å²) in [7, 11) is 3.23. The zero-order valence-electron chi connectivity index (χ0n) is 8.94. The van der Waals surface area contributed by atoms with Gasteiger partial charge in [-0.05, 0) is 11.6 Å². The predicted molar refractivity (Wildman–Crippen MR) is 60.7 cm³/mol. The van der Waals surface area contributed by atoms with E-state index in [4.69, 9.17) is 11.6 Å². The molecule has 5 nitrogen and oxygen atoms in total. The molecular formula is C10H11ClN2O3. The Morgan fingerprint density at radius 2 is 2.12 bits per heavy atom. The van der Waals surface area contributed by atoms with Crippen LogP contribution in [0, 0.1) is 10.1 Å². The lowest BCUT2D eigenvalue weighted by Crippen LogP contribution is -2.22. The normalized spacial score (nSPS) is 9.94. The number of rotatable bonds is 3. The Balaban J connectivity index is 3.22. The molecule has 1 rings (SSSR count). The zero-order chi connectivity index (χ0) is 12.3. The number of nitrogens with zero attached hydrogens (tertiary/aromatic N) is 2. The summed E-state index contributed by atoms with van der Waals surface area (Å²) in [4.78, 5) is 23.1. The van der Waals surface area contributed by atoms with Crippen molar-refractivity contribution in [2.75, 3.05) is 14.1 Å². The molecule has 0 radical (unpaired) electrons. The first-order valence-electron chi connectivity index (χ1n) is 4.52. The highest BCUT2D eigenvalue weighted by molar-refractivity contribution is 6.17. The molecular weight excluding hydrogens is 232 g/mol.